The van der Waals surface area contributed by atoms with Gasteiger partial charge in [-0.15, -0.1) is 0 Å². The molecule has 1 atom stereocenters. The molecular formula is C10H13BrN2O2. The summed E-state index contributed by atoms with van der Waals surface area (Å²) in [5.41, 5.74) is 6.82. The Kier molecular flexibility index (Phi) is 3.71. The monoisotopic (exact) mass is 272 g/mol. The molecule has 0 saturated heterocycles. The fourth-order valence-corrected chi connectivity index (χ4v) is 2.03. The van der Waals surface area contributed by atoms with E-state index in [0.29, 0.717) is 11.3 Å². The molecule has 0 spiro atoms. The summed E-state index contributed by atoms with van der Waals surface area (Å²) in [6.45, 7) is 3.16. The Morgan fingerprint density at radius 1 is 1.60 bits per heavy atom. The van der Waals surface area contributed by atoms with Gasteiger partial charge in [0, 0.05) is 23.0 Å². The highest BCUT2D eigenvalue weighted by Gasteiger charge is 2.15. The maximum Gasteiger partial charge on any atom is 0.221 e. The minimum Gasteiger partial charge on any atom is -0.506 e. The van der Waals surface area contributed by atoms with Crippen molar-refractivity contribution in [1.82, 2.24) is 0 Å². The van der Waals surface area contributed by atoms with E-state index in [4.69, 9.17) is 5.73 Å². The van der Waals surface area contributed by atoms with Crippen LogP contribution >= 0.6 is 15.9 Å². The van der Waals surface area contributed by atoms with E-state index in [1.54, 1.807) is 13.0 Å². The zero-order chi connectivity index (χ0) is 11.6. The average Bonchev–Trinajstić information content (AvgIpc) is 2.10. The Bertz CT molecular complexity index is 391. The van der Waals surface area contributed by atoms with Gasteiger partial charge in [-0.1, -0.05) is 15.9 Å². The van der Waals surface area contributed by atoms with Crippen molar-refractivity contribution >= 4 is 27.5 Å². The number of hydrogen-bond donors (Lipinski definition) is 3. The molecule has 15 heavy (non-hydrogen) atoms. The predicted molar refractivity (Wildman–Crippen MR) is 62.7 cm³/mol. The lowest BCUT2D eigenvalue weighted by Gasteiger charge is -2.16. The van der Waals surface area contributed by atoms with Crippen LogP contribution in [0.3, 0.4) is 0 Å². The second-order valence-corrected chi connectivity index (χ2v) is 4.18. The summed E-state index contributed by atoms with van der Waals surface area (Å²) in [6, 6.07) is 2.91. The summed E-state index contributed by atoms with van der Waals surface area (Å²) in [7, 11) is 0. The van der Waals surface area contributed by atoms with Crippen molar-refractivity contribution < 1.29 is 9.90 Å². The van der Waals surface area contributed by atoms with Crippen molar-refractivity contribution in [3.05, 3.63) is 22.2 Å². The highest BCUT2D eigenvalue weighted by molar-refractivity contribution is 9.10. The number of nitrogens with two attached hydrogens (primary N) is 1. The van der Waals surface area contributed by atoms with E-state index in [9.17, 15) is 9.90 Å². The number of nitrogens with one attached hydrogen (secondary N) is 1. The van der Waals surface area contributed by atoms with Crippen molar-refractivity contribution in [3.63, 3.8) is 0 Å². The number of carbonyl (C=O) groups excluding carboxylic acids is 1. The van der Waals surface area contributed by atoms with Gasteiger partial charge in [-0.05, 0) is 19.1 Å². The van der Waals surface area contributed by atoms with E-state index < -0.39 is 0 Å². The molecular weight excluding hydrogens is 260 g/mol. The van der Waals surface area contributed by atoms with E-state index in [2.05, 4.69) is 21.2 Å². The molecule has 82 valence electrons. The fraction of sp³-hybridized carbons (Fsp3) is 0.300. The van der Waals surface area contributed by atoms with Gasteiger partial charge in [0.15, 0.2) is 0 Å². The van der Waals surface area contributed by atoms with Crippen LogP contribution in [0.15, 0.2) is 16.6 Å². The first-order valence-corrected chi connectivity index (χ1v) is 5.27. The zero-order valence-electron chi connectivity index (χ0n) is 8.54. The third-order valence-corrected chi connectivity index (χ3v) is 2.62. The Morgan fingerprint density at radius 3 is 2.67 bits per heavy atom. The van der Waals surface area contributed by atoms with Gasteiger partial charge in [-0.25, -0.2) is 0 Å². The molecule has 0 fully saturated rings. The van der Waals surface area contributed by atoms with Crippen molar-refractivity contribution in [1.29, 1.82) is 0 Å². The molecule has 0 aliphatic rings. The first kappa shape index (κ1) is 12.0. The van der Waals surface area contributed by atoms with E-state index in [1.165, 1.54) is 13.0 Å². The largest absolute Gasteiger partial charge is 0.506 e. The summed E-state index contributed by atoms with van der Waals surface area (Å²) >= 11 is 3.33. The quantitative estimate of drug-likeness (QED) is 0.722. The molecule has 0 bridgehead atoms. The first-order chi connectivity index (χ1) is 6.93. The highest BCUT2D eigenvalue weighted by atomic mass is 79.9. The molecule has 5 heteroatoms. The van der Waals surface area contributed by atoms with Crippen LogP contribution in [0.4, 0.5) is 5.69 Å². The van der Waals surface area contributed by atoms with Gasteiger partial charge in [-0.3, -0.25) is 4.79 Å². The molecule has 1 aromatic rings. The predicted octanol–water partition coefficient (Wildman–Crippen LogP) is 2.13. The number of phenols is 1. The maximum atomic E-state index is 11.0. The molecule has 1 unspecified atom stereocenters. The maximum absolute atomic E-state index is 11.0. The van der Waals surface area contributed by atoms with Crippen molar-refractivity contribution in [3.8, 4) is 5.75 Å². The normalized spacial score (nSPS) is 12.3. The number of carbonyl (C=O) groups is 1. The standard InChI is InChI=1S/C10H13BrN2O2/c1-5(12)9-7(11)3-4-8(15)10(9)13-6(2)14/h3-5,15H,12H2,1-2H3,(H,13,14). The molecule has 0 aromatic heterocycles. The lowest BCUT2D eigenvalue weighted by atomic mass is 10.1. The lowest BCUT2D eigenvalue weighted by molar-refractivity contribution is -0.114. The minimum atomic E-state index is -0.284. The Balaban J connectivity index is 3.31. The Labute approximate surface area is 96.6 Å². The van der Waals surface area contributed by atoms with Crippen LogP contribution in [0.1, 0.15) is 25.5 Å². The van der Waals surface area contributed by atoms with Crippen molar-refractivity contribution in [2.24, 2.45) is 5.73 Å². The number of hydrogen-bond acceptors (Lipinski definition) is 3. The van der Waals surface area contributed by atoms with E-state index in [0.717, 1.165) is 4.47 Å². The molecule has 4 N–H and O–H groups in total. The summed E-state index contributed by atoms with van der Waals surface area (Å²) in [6.07, 6.45) is 0. The number of amides is 1. The summed E-state index contributed by atoms with van der Waals surface area (Å²) < 4.78 is 0.763. The minimum absolute atomic E-state index is 0.0145. The molecule has 1 rings (SSSR count). The highest BCUT2D eigenvalue weighted by Crippen LogP contribution is 2.36. The van der Waals surface area contributed by atoms with Crippen LogP contribution < -0.4 is 11.1 Å². The second kappa shape index (κ2) is 4.63. The number of anilines is 1. The van der Waals surface area contributed by atoms with E-state index >= 15 is 0 Å². The number of rotatable bonds is 2. The van der Waals surface area contributed by atoms with E-state index in [1.807, 2.05) is 0 Å². The van der Waals surface area contributed by atoms with Crippen LogP contribution in [0, 0.1) is 0 Å². The van der Waals surface area contributed by atoms with Gasteiger partial charge in [0.05, 0.1) is 5.69 Å². The summed E-state index contributed by atoms with van der Waals surface area (Å²) in [5, 5.41) is 12.2. The van der Waals surface area contributed by atoms with Crippen LogP contribution in [0.2, 0.25) is 0 Å². The summed E-state index contributed by atoms with van der Waals surface area (Å²) in [4.78, 5) is 11.0. The SMILES string of the molecule is CC(=O)Nc1c(O)ccc(Br)c1C(C)N. The Morgan fingerprint density at radius 2 is 2.20 bits per heavy atom. The molecule has 0 radical (unpaired) electrons. The van der Waals surface area contributed by atoms with Gasteiger partial charge in [-0.2, -0.15) is 0 Å². The third-order valence-electron chi connectivity index (χ3n) is 1.93. The third kappa shape index (κ3) is 2.70. The smallest absolute Gasteiger partial charge is 0.221 e. The van der Waals surface area contributed by atoms with Crippen LogP contribution in [-0.2, 0) is 4.79 Å². The number of aromatic hydroxyl groups is 1. The zero-order valence-corrected chi connectivity index (χ0v) is 10.1. The van der Waals surface area contributed by atoms with Gasteiger partial charge >= 0.3 is 0 Å². The first-order valence-electron chi connectivity index (χ1n) is 4.48. The fourth-order valence-electron chi connectivity index (χ4n) is 1.34. The molecule has 1 amide bonds. The Hall–Kier alpha value is -1.07. The van der Waals surface area contributed by atoms with Gasteiger partial charge in [0.25, 0.3) is 0 Å². The van der Waals surface area contributed by atoms with Crippen LogP contribution in [0.5, 0.6) is 5.75 Å². The van der Waals surface area contributed by atoms with Gasteiger partial charge < -0.3 is 16.2 Å². The van der Waals surface area contributed by atoms with Crippen molar-refractivity contribution in [2.75, 3.05) is 5.32 Å². The average molecular weight is 273 g/mol. The number of phenolic OH excluding ortho intramolecular Hbond substituents is 1. The van der Waals surface area contributed by atoms with Gasteiger partial charge in [0.2, 0.25) is 5.91 Å². The van der Waals surface area contributed by atoms with E-state index in [-0.39, 0.29) is 17.7 Å². The van der Waals surface area contributed by atoms with Crippen molar-refractivity contribution in [2.45, 2.75) is 19.9 Å². The van der Waals surface area contributed by atoms with Crippen LogP contribution in [0.25, 0.3) is 0 Å². The molecule has 0 aliphatic carbocycles. The molecule has 1 aromatic carbocycles. The molecule has 0 saturated carbocycles. The molecule has 4 nitrogen and oxygen atoms in total. The summed E-state index contributed by atoms with van der Waals surface area (Å²) in [5.74, 6) is -0.231. The topological polar surface area (TPSA) is 75.3 Å². The second-order valence-electron chi connectivity index (χ2n) is 3.33. The molecule has 0 aliphatic heterocycles. The van der Waals surface area contributed by atoms with Crippen LogP contribution in [-0.4, -0.2) is 11.0 Å². The van der Waals surface area contributed by atoms with Gasteiger partial charge in [0.1, 0.15) is 5.75 Å². The molecule has 0 heterocycles. The number of halogens is 1. The lowest BCUT2D eigenvalue weighted by Crippen LogP contribution is -2.13. The number of benzene rings is 1.